The Balaban J connectivity index is 2.25. The minimum absolute atomic E-state index is 0.0395. The lowest BCUT2D eigenvalue weighted by atomic mass is 10.2. The molecule has 0 saturated carbocycles. The third kappa shape index (κ3) is 2.45. The fraction of sp³-hybridized carbons (Fsp3) is 0.385. The normalized spacial score (nSPS) is 12.4. The van der Waals surface area contributed by atoms with Gasteiger partial charge in [-0.05, 0) is 26.0 Å². The Hall–Kier alpha value is -2.04. The molecule has 0 saturated heterocycles. The lowest BCUT2D eigenvalue weighted by molar-refractivity contribution is 0.490. The number of nitrogens with two attached hydrogens (primary N) is 1. The van der Waals surface area contributed by atoms with Crippen LogP contribution in [0, 0.1) is 6.92 Å². The van der Waals surface area contributed by atoms with Crippen LogP contribution < -0.4 is 11.1 Å². The van der Waals surface area contributed by atoms with Gasteiger partial charge in [0.05, 0.1) is 12.3 Å². The van der Waals surface area contributed by atoms with Crippen molar-refractivity contribution in [1.82, 2.24) is 9.97 Å². The van der Waals surface area contributed by atoms with Crippen molar-refractivity contribution in [2.75, 3.05) is 11.1 Å². The first-order chi connectivity index (χ1) is 8.61. The van der Waals surface area contributed by atoms with E-state index in [0.29, 0.717) is 5.82 Å². The Morgan fingerprint density at radius 2 is 2.22 bits per heavy atom. The van der Waals surface area contributed by atoms with Gasteiger partial charge in [-0.25, -0.2) is 9.97 Å². The van der Waals surface area contributed by atoms with Crippen LogP contribution >= 0.6 is 0 Å². The van der Waals surface area contributed by atoms with E-state index in [0.717, 1.165) is 29.4 Å². The van der Waals surface area contributed by atoms with Gasteiger partial charge >= 0.3 is 0 Å². The molecule has 0 aliphatic rings. The predicted octanol–water partition coefficient (Wildman–Crippen LogP) is 2.70. The average molecular weight is 246 g/mol. The largest absolute Gasteiger partial charge is 0.467 e. The van der Waals surface area contributed by atoms with Gasteiger partial charge in [0.2, 0.25) is 0 Å². The molecule has 0 aliphatic carbocycles. The molecule has 0 aliphatic heterocycles. The predicted molar refractivity (Wildman–Crippen MR) is 71.3 cm³/mol. The molecule has 0 bridgehead atoms. The number of nitrogen functional groups attached to an aromatic ring is 1. The van der Waals surface area contributed by atoms with E-state index in [9.17, 15) is 0 Å². The highest BCUT2D eigenvalue weighted by molar-refractivity contribution is 5.55. The zero-order chi connectivity index (χ0) is 13.1. The Morgan fingerprint density at radius 3 is 2.83 bits per heavy atom. The number of furan rings is 1. The summed E-state index contributed by atoms with van der Waals surface area (Å²) in [6.45, 7) is 5.93. The maximum atomic E-state index is 5.88. The van der Waals surface area contributed by atoms with Gasteiger partial charge < -0.3 is 15.5 Å². The molecule has 2 heterocycles. The van der Waals surface area contributed by atoms with Gasteiger partial charge in [0.1, 0.15) is 23.2 Å². The number of hydrogen-bond donors (Lipinski definition) is 2. The molecule has 2 aromatic heterocycles. The second kappa shape index (κ2) is 5.08. The van der Waals surface area contributed by atoms with Crippen LogP contribution in [0.25, 0.3) is 0 Å². The molecule has 5 nitrogen and oxygen atoms in total. The highest BCUT2D eigenvalue weighted by Gasteiger charge is 2.13. The lowest BCUT2D eigenvalue weighted by Gasteiger charge is -2.15. The Kier molecular flexibility index (Phi) is 3.50. The molecule has 96 valence electrons. The first kappa shape index (κ1) is 12.4. The minimum Gasteiger partial charge on any atom is -0.467 e. The van der Waals surface area contributed by atoms with Crippen molar-refractivity contribution in [1.29, 1.82) is 0 Å². The van der Waals surface area contributed by atoms with E-state index in [1.807, 2.05) is 32.9 Å². The smallest absolute Gasteiger partial charge is 0.135 e. The van der Waals surface area contributed by atoms with Gasteiger partial charge in [0.25, 0.3) is 0 Å². The van der Waals surface area contributed by atoms with Crippen LogP contribution in [0.1, 0.15) is 37.0 Å². The molecule has 1 atom stereocenters. The summed E-state index contributed by atoms with van der Waals surface area (Å²) in [7, 11) is 0. The average Bonchev–Trinajstić information content (AvgIpc) is 2.88. The zero-order valence-electron chi connectivity index (χ0n) is 10.9. The van der Waals surface area contributed by atoms with Crippen molar-refractivity contribution < 1.29 is 4.42 Å². The molecular formula is C13H18N4O. The third-order valence-electron chi connectivity index (χ3n) is 2.87. The minimum atomic E-state index is 0.0395. The van der Waals surface area contributed by atoms with Crippen molar-refractivity contribution in [3.63, 3.8) is 0 Å². The molecule has 0 aromatic carbocycles. The topological polar surface area (TPSA) is 77.0 Å². The number of nitrogens with zero attached hydrogens (tertiary/aromatic N) is 2. The Labute approximate surface area is 106 Å². The van der Waals surface area contributed by atoms with E-state index in [-0.39, 0.29) is 6.04 Å². The molecule has 0 amide bonds. The first-order valence-electron chi connectivity index (χ1n) is 6.04. The van der Waals surface area contributed by atoms with Crippen LogP contribution in [-0.4, -0.2) is 9.97 Å². The van der Waals surface area contributed by atoms with E-state index < -0.39 is 0 Å². The van der Waals surface area contributed by atoms with E-state index in [2.05, 4.69) is 15.3 Å². The summed E-state index contributed by atoms with van der Waals surface area (Å²) in [4.78, 5) is 8.68. The van der Waals surface area contributed by atoms with Crippen molar-refractivity contribution in [3.8, 4) is 0 Å². The quantitative estimate of drug-likeness (QED) is 0.867. The number of aromatic nitrogens is 2. The SMILES string of the molecule is CCc1nc(N)c(C)c(NC(C)c2ccco2)n1. The summed E-state index contributed by atoms with van der Waals surface area (Å²) in [6, 6.07) is 3.84. The standard InChI is InChI=1S/C13H18N4O/c1-4-11-16-12(14)8(2)13(17-11)15-9(3)10-6-5-7-18-10/h5-7,9H,4H2,1-3H3,(H3,14,15,16,17). The van der Waals surface area contributed by atoms with Crippen LogP contribution in [0.15, 0.2) is 22.8 Å². The summed E-state index contributed by atoms with van der Waals surface area (Å²) >= 11 is 0. The number of rotatable bonds is 4. The number of hydrogen-bond acceptors (Lipinski definition) is 5. The first-order valence-corrected chi connectivity index (χ1v) is 6.04. The molecule has 18 heavy (non-hydrogen) atoms. The highest BCUT2D eigenvalue weighted by Crippen LogP contribution is 2.23. The summed E-state index contributed by atoms with van der Waals surface area (Å²) in [5.74, 6) is 2.90. The second-order valence-electron chi connectivity index (χ2n) is 4.23. The summed E-state index contributed by atoms with van der Waals surface area (Å²) in [6.07, 6.45) is 2.42. The van der Waals surface area contributed by atoms with Crippen molar-refractivity contribution in [2.24, 2.45) is 0 Å². The van der Waals surface area contributed by atoms with Gasteiger partial charge in [-0.2, -0.15) is 0 Å². The fourth-order valence-corrected chi connectivity index (χ4v) is 1.69. The van der Waals surface area contributed by atoms with Crippen LogP contribution in [0.4, 0.5) is 11.6 Å². The van der Waals surface area contributed by atoms with Crippen LogP contribution in [0.3, 0.4) is 0 Å². The van der Waals surface area contributed by atoms with Gasteiger partial charge in [-0.1, -0.05) is 6.92 Å². The van der Waals surface area contributed by atoms with Crippen molar-refractivity contribution in [2.45, 2.75) is 33.2 Å². The van der Waals surface area contributed by atoms with Crippen LogP contribution in [0.5, 0.6) is 0 Å². The maximum absolute atomic E-state index is 5.88. The van der Waals surface area contributed by atoms with E-state index in [4.69, 9.17) is 10.2 Å². The molecule has 0 spiro atoms. The second-order valence-corrected chi connectivity index (χ2v) is 4.23. The zero-order valence-corrected chi connectivity index (χ0v) is 10.9. The van der Waals surface area contributed by atoms with E-state index in [1.54, 1.807) is 6.26 Å². The van der Waals surface area contributed by atoms with Gasteiger partial charge in [0, 0.05) is 12.0 Å². The summed E-state index contributed by atoms with van der Waals surface area (Å²) in [5.41, 5.74) is 6.74. The Morgan fingerprint density at radius 1 is 1.44 bits per heavy atom. The molecule has 0 radical (unpaired) electrons. The number of nitrogens with one attached hydrogen (secondary N) is 1. The van der Waals surface area contributed by atoms with E-state index in [1.165, 1.54) is 0 Å². The van der Waals surface area contributed by atoms with E-state index >= 15 is 0 Å². The van der Waals surface area contributed by atoms with Crippen LogP contribution in [0.2, 0.25) is 0 Å². The number of anilines is 2. The molecule has 0 fully saturated rings. The van der Waals surface area contributed by atoms with Gasteiger partial charge in [-0.15, -0.1) is 0 Å². The monoisotopic (exact) mass is 246 g/mol. The fourth-order valence-electron chi connectivity index (χ4n) is 1.69. The Bertz CT molecular complexity index is 522. The third-order valence-corrected chi connectivity index (χ3v) is 2.87. The molecular weight excluding hydrogens is 228 g/mol. The molecule has 3 N–H and O–H groups in total. The van der Waals surface area contributed by atoms with Crippen molar-refractivity contribution in [3.05, 3.63) is 35.5 Å². The molecule has 1 unspecified atom stereocenters. The number of aryl methyl sites for hydroxylation is 1. The highest BCUT2D eigenvalue weighted by atomic mass is 16.3. The molecule has 2 aromatic rings. The maximum Gasteiger partial charge on any atom is 0.135 e. The molecule has 2 rings (SSSR count). The lowest BCUT2D eigenvalue weighted by Crippen LogP contribution is -2.12. The summed E-state index contributed by atoms with van der Waals surface area (Å²) < 4.78 is 5.36. The summed E-state index contributed by atoms with van der Waals surface area (Å²) in [5, 5.41) is 3.30. The molecule has 5 heteroatoms. The van der Waals surface area contributed by atoms with Gasteiger partial charge in [-0.3, -0.25) is 0 Å². The van der Waals surface area contributed by atoms with Crippen LogP contribution in [-0.2, 0) is 6.42 Å². The van der Waals surface area contributed by atoms with Gasteiger partial charge in [0.15, 0.2) is 0 Å². The van der Waals surface area contributed by atoms with Crippen molar-refractivity contribution >= 4 is 11.6 Å².